The number of carbonyl (C=O) groups excluding carboxylic acids is 1. The number of nitrogens with one attached hydrogen (secondary N) is 1. The number of hydrogen-bond donors (Lipinski definition) is 1. The van der Waals surface area contributed by atoms with E-state index in [1.54, 1.807) is 13.0 Å². The fourth-order valence-electron chi connectivity index (χ4n) is 2.70. The van der Waals surface area contributed by atoms with E-state index in [1.165, 1.54) is 35.2 Å². The summed E-state index contributed by atoms with van der Waals surface area (Å²) < 4.78 is 24.4. The number of hydrogen-bond acceptors (Lipinski definition) is 7. The molecule has 1 amide bonds. The molecule has 10 heteroatoms. The van der Waals surface area contributed by atoms with Gasteiger partial charge >= 0.3 is 0 Å². The van der Waals surface area contributed by atoms with Gasteiger partial charge in [0, 0.05) is 24.6 Å². The van der Waals surface area contributed by atoms with Crippen molar-refractivity contribution in [2.75, 3.05) is 5.32 Å². The van der Waals surface area contributed by atoms with Crippen LogP contribution in [0.2, 0.25) is 0 Å². The Morgan fingerprint density at radius 2 is 2.00 bits per heavy atom. The highest BCUT2D eigenvalue weighted by molar-refractivity contribution is 5.90. The van der Waals surface area contributed by atoms with Crippen molar-refractivity contribution in [3.63, 3.8) is 0 Å². The molecule has 0 aliphatic carbocycles. The third-order valence-corrected chi connectivity index (χ3v) is 4.06. The number of halogens is 1. The summed E-state index contributed by atoms with van der Waals surface area (Å²) in [5.41, 5.74) is 0.457. The van der Waals surface area contributed by atoms with Gasteiger partial charge in [-0.1, -0.05) is 10.3 Å². The topological polar surface area (TPSA) is 116 Å². The molecule has 4 rings (SSSR count). The number of anilines is 1. The average molecular weight is 383 g/mol. The second-order valence-corrected chi connectivity index (χ2v) is 6.08. The largest absolute Gasteiger partial charge is 0.360 e. The SMILES string of the molecule is Cc1cc(NC(=O)CCn2cnc3onc(-c4ccc(F)cc4)c3c2=O)no1. The third-order valence-electron chi connectivity index (χ3n) is 4.06. The first-order chi connectivity index (χ1) is 13.5. The number of aromatic nitrogens is 4. The average Bonchev–Trinajstić information content (AvgIpc) is 3.28. The minimum atomic E-state index is -0.407. The summed E-state index contributed by atoms with van der Waals surface area (Å²) in [7, 11) is 0. The number of rotatable bonds is 5. The molecular weight excluding hydrogens is 369 g/mol. The van der Waals surface area contributed by atoms with Gasteiger partial charge in [0.2, 0.25) is 5.91 Å². The number of fused-ring (bicyclic) bond motifs is 1. The van der Waals surface area contributed by atoms with Gasteiger partial charge in [0.25, 0.3) is 11.3 Å². The predicted octanol–water partition coefficient (Wildman–Crippen LogP) is 2.52. The predicted molar refractivity (Wildman–Crippen MR) is 95.9 cm³/mol. The number of aryl methyl sites for hydroxylation is 2. The van der Waals surface area contributed by atoms with Crippen molar-refractivity contribution in [1.29, 1.82) is 0 Å². The van der Waals surface area contributed by atoms with E-state index in [9.17, 15) is 14.0 Å². The second-order valence-electron chi connectivity index (χ2n) is 6.08. The molecule has 1 aromatic carbocycles. The molecule has 0 aliphatic heterocycles. The van der Waals surface area contributed by atoms with E-state index in [4.69, 9.17) is 9.05 Å². The van der Waals surface area contributed by atoms with Gasteiger partial charge in [0.15, 0.2) is 5.82 Å². The highest BCUT2D eigenvalue weighted by Crippen LogP contribution is 2.24. The van der Waals surface area contributed by atoms with Gasteiger partial charge in [-0.15, -0.1) is 0 Å². The molecule has 0 radical (unpaired) electrons. The monoisotopic (exact) mass is 383 g/mol. The Labute approximate surface area is 156 Å². The zero-order valence-corrected chi connectivity index (χ0v) is 14.7. The van der Waals surface area contributed by atoms with Gasteiger partial charge in [-0.3, -0.25) is 14.2 Å². The van der Waals surface area contributed by atoms with Gasteiger partial charge < -0.3 is 14.4 Å². The molecule has 0 bridgehead atoms. The summed E-state index contributed by atoms with van der Waals surface area (Å²) in [6.45, 7) is 1.80. The Bertz CT molecular complexity index is 1210. The number of benzene rings is 1. The van der Waals surface area contributed by atoms with E-state index < -0.39 is 11.4 Å². The fraction of sp³-hybridized carbons (Fsp3) is 0.167. The molecule has 4 aromatic rings. The normalized spacial score (nSPS) is 11.1. The quantitative estimate of drug-likeness (QED) is 0.563. The summed E-state index contributed by atoms with van der Waals surface area (Å²) >= 11 is 0. The van der Waals surface area contributed by atoms with E-state index >= 15 is 0 Å². The highest BCUT2D eigenvalue weighted by Gasteiger charge is 2.17. The maximum Gasteiger partial charge on any atom is 0.266 e. The van der Waals surface area contributed by atoms with Crippen molar-refractivity contribution < 1.29 is 18.2 Å². The molecule has 0 fully saturated rings. The van der Waals surface area contributed by atoms with Crippen LogP contribution in [0.15, 0.2) is 50.5 Å². The molecule has 0 saturated heterocycles. The summed E-state index contributed by atoms with van der Waals surface area (Å²) in [4.78, 5) is 28.9. The van der Waals surface area contributed by atoms with E-state index in [0.29, 0.717) is 17.1 Å². The Morgan fingerprint density at radius 1 is 1.21 bits per heavy atom. The molecule has 0 spiro atoms. The van der Waals surface area contributed by atoms with Crippen molar-refractivity contribution >= 4 is 22.8 Å². The number of amides is 1. The Morgan fingerprint density at radius 3 is 2.71 bits per heavy atom. The Balaban J connectivity index is 1.57. The highest BCUT2D eigenvalue weighted by atomic mass is 19.1. The lowest BCUT2D eigenvalue weighted by atomic mass is 10.1. The van der Waals surface area contributed by atoms with E-state index in [1.807, 2.05) is 0 Å². The second kappa shape index (κ2) is 7.06. The molecule has 3 heterocycles. The lowest BCUT2D eigenvalue weighted by Gasteiger charge is -2.05. The number of carbonyl (C=O) groups is 1. The molecule has 142 valence electrons. The van der Waals surface area contributed by atoms with Crippen LogP contribution in [0.25, 0.3) is 22.4 Å². The van der Waals surface area contributed by atoms with Crippen LogP contribution in [-0.2, 0) is 11.3 Å². The van der Waals surface area contributed by atoms with Crippen molar-refractivity contribution in [2.45, 2.75) is 19.9 Å². The van der Waals surface area contributed by atoms with E-state index in [-0.39, 0.29) is 35.7 Å². The van der Waals surface area contributed by atoms with E-state index in [2.05, 4.69) is 20.6 Å². The molecule has 9 nitrogen and oxygen atoms in total. The molecule has 28 heavy (non-hydrogen) atoms. The Kier molecular flexibility index (Phi) is 4.44. The summed E-state index contributed by atoms with van der Waals surface area (Å²) in [5.74, 6) is 0.146. The first kappa shape index (κ1) is 17.6. The van der Waals surface area contributed by atoms with Crippen molar-refractivity contribution in [2.24, 2.45) is 0 Å². The molecule has 0 aliphatic rings. The molecule has 1 N–H and O–H groups in total. The zero-order valence-electron chi connectivity index (χ0n) is 14.7. The van der Waals surface area contributed by atoms with Gasteiger partial charge in [-0.2, -0.15) is 0 Å². The van der Waals surface area contributed by atoms with Crippen LogP contribution in [0.4, 0.5) is 10.2 Å². The minimum absolute atomic E-state index is 0.0240. The van der Waals surface area contributed by atoms with Crippen molar-refractivity contribution in [3.05, 3.63) is 58.6 Å². The van der Waals surface area contributed by atoms with Crippen LogP contribution in [0.3, 0.4) is 0 Å². The molecule has 0 unspecified atom stereocenters. The molecule has 3 aromatic heterocycles. The van der Waals surface area contributed by atoms with Gasteiger partial charge in [-0.25, -0.2) is 9.37 Å². The van der Waals surface area contributed by atoms with Crippen LogP contribution in [0.1, 0.15) is 12.2 Å². The third kappa shape index (κ3) is 3.39. The Hall–Kier alpha value is -3.82. The maximum atomic E-state index is 13.1. The molecule has 0 saturated carbocycles. The summed E-state index contributed by atoms with van der Waals surface area (Å²) in [5, 5.41) is 10.3. The lowest BCUT2D eigenvalue weighted by Crippen LogP contribution is -2.23. The van der Waals surface area contributed by atoms with Gasteiger partial charge in [-0.05, 0) is 31.2 Å². The van der Waals surface area contributed by atoms with Crippen LogP contribution in [0.5, 0.6) is 0 Å². The zero-order chi connectivity index (χ0) is 19.7. The molecular formula is C18H14FN5O4. The van der Waals surface area contributed by atoms with Crippen molar-refractivity contribution in [1.82, 2.24) is 19.9 Å². The van der Waals surface area contributed by atoms with Crippen molar-refractivity contribution in [3.8, 4) is 11.3 Å². The fourth-order valence-corrected chi connectivity index (χ4v) is 2.70. The van der Waals surface area contributed by atoms with E-state index in [0.717, 1.165) is 0 Å². The lowest BCUT2D eigenvalue weighted by molar-refractivity contribution is -0.116. The molecule has 0 atom stereocenters. The summed E-state index contributed by atoms with van der Waals surface area (Å²) in [6, 6.07) is 7.11. The van der Waals surface area contributed by atoms with Crippen LogP contribution < -0.4 is 10.9 Å². The van der Waals surface area contributed by atoms with Crippen LogP contribution in [-0.4, -0.2) is 25.8 Å². The van der Waals surface area contributed by atoms with Gasteiger partial charge in [0.1, 0.15) is 29.0 Å². The maximum absolute atomic E-state index is 13.1. The summed E-state index contributed by atoms with van der Waals surface area (Å²) in [6.07, 6.45) is 1.31. The van der Waals surface area contributed by atoms with Crippen LogP contribution >= 0.6 is 0 Å². The van der Waals surface area contributed by atoms with Crippen LogP contribution in [0, 0.1) is 12.7 Å². The number of nitrogens with zero attached hydrogens (tertiary/aromatic N) is 4. The first-order valence-electron chi connectivity index (χ1n) is 8.35. The smallest absolute Gasteiger partial charge is 0.266 e. The first-order valence-corrected chi connectivity index (χ1v) is 8.35. The standard InChI is InChI=1S/C18H14FN5O4/c1-10-8-13(22-27-10)21-14(25)6-7-24-9-20-17-15(18(24)26)16(23-28-17)11-2-4-12(19)5-3-11/h2-5,8-9H,6-7H2,1H3,(H,21,22,25). The minimum Gasteiger partial charge on any atom is -0.360 e. The van der Waals surface area contributed by atoms with Gasteiger partial charge in [0.05, 0.1) is 0 Å².